The molecule has 7 nitrogen and oxygen atoms in total. The van der Waals surface area contributed by atoms with Gasteiger partial charge in [-0.05, 0) is 48.6 Å². The number of anilines is 1. The van der Waals surface area contributed by atoms with Crippen LogP contribution in [0.1, 0.15) is 40.5 Å². The summed E-state index contributed by atoms with van der Waals surface area (Å²) < 4.78 is 41.7. The van der Waals surface area contributed by atoms with Crippen LogP contribution >= 0.6 is 11.6 Å². The van der Waals surface area contributed by atoms with Crippen molar-refractivity contribution in [3.05, 3.63) is 58.4 Å². The number of hydrogen-bond donors (Lipinski definition) is 1. The van der Waals surface area contributed by atoms with Crippen molar-refractivity contribution in [1.29, 1.82) is 0 Å². The maximum absolute atomic E-state index is 13.7. The van der Waals surface area contributed by atoms with Crippen molar-refractivity contribution in [3.63, 3.8) is 0 Å². The summed E-state index contributed by atoms with van der Waals surface area (Å²) in [6.45, 7) is -0.0132. The summed E-state index contributed by atoms with van der Waals surface area (Å²) in [5.41, 5.74) is -0.298. The highest BCUT2D eigenvalue weighted by Gasteiger charge is 2.38. The number of halogens is 4. The number of benzene rings is 1. The van der Waals surface area contributed by atoms with Gasteiger partial charge in [-0.3, -0.25) is 9.59 Å². The Kier molecular flexibility index (Phi) is 5.00. The van der Waals surface area contributed by atoms with Gasteiger partial charge in [0.1, 0.15) is 18.0 Å². The molecule has 0 spiro atoms. The van der Waals surface area contributed by atoms with E-state index in [0.29, 0.717) is 15.8 Å². The smallest absolute Gasteiger partial charge is 0.433 e. The summed E-state index contributed by atoms with van der Waals surface area (Å²) >= 11 is 6.35. The van der Waals surface area contributed by atoms with E-state index in [0.717, 1.165) is 18.9 Å². The molecule has 11 heteroatoms. The molecular formula is C22H18ClF3N4O3. The Labute approximate surface area is 191 Å². The molecule has 2 amide bonds. The number of piperazine rings is 1. The highest BCUT2D eigenvalue weighted by molar-refractivity contribution is 6.36. The number of carbonyl (C=O) groups is 2. The lowest BCUT2D eigenvalue weighted by Gasteiger charge is -2.34. The van der Waals surface area contributed by atoms with Crippen LogP contribution in [0.5, 0.6) is 5.75 Å². The van der Waals surface area contributed by atoms with E-state index < -0.39 is 23.7 Å². The molecule has 5 rings (SSSR count). The molecule has 2 aliphatic rings. The van der Waals surface area contributed by atoms with Gasteiger partial charge in [-0.25, -0.2) is 4.52 Å². The molecule has 33 heavy (non-hydrogen) atoms. The van der Waals surface area contributed by atoms with E-state index in [1.807, 2.05) is 0 Å². The molecule has 0 atom stereocenters. The fourth-order valence-electron chi connectivity index (χ4n) is 4.06. The third-order valence-corrected chi connectivity index (χ3v) is 6.26. The van der Waals surface area contributed by atoms with E-state index in [-0.39, 0.29) is 47.5 Å². The van der Waals surface area contributed by atoms with Gasteiger partial charge in [-0.2, -0.15) is 18.3 Å². The summed E-state index contributed by atoms with van der Waals surface area (Å²) in [5.74, 6) is -1.06. The van der Waals surface area contributed by atoms with Crippen LogP contribution in [0.2, 0.25) is 5.02 Å². The third kappa shape index (κ3) is 3.88. The molecule has 3 heterocycles. The van der Waals surface area contributed by atoms with Gasteiger partial charge < -0.3 is 14.9 Å². The normalized spacial score (nSPS) is 17.2. The average molecular weight is 479 g/mol. The van der Waals surface area contributed by atoms with Crippen molar-refractivity contribution in [2.75, 3.05) is 24.5 Å². The number of phenols is 1. The van der Waals surface area contributed by atoms with Crippen molar-refractivity contribution < 1.29 is 27.9 Å². The number of alkyl halides is 3. The predicted octanol–water partition coefficient (Wildman–Crippen LogP) is 4.08. The number of nitrogens with zero attached hydrogens (tertiary/aromatic N) is 4. The molecule has 1 saturated carbocycles. The highest BCUT2D eigenvalue weighted by atomic mass is 35.5. The lowest BCUT2D eigenvalue weighted by atomic mass is 10.1. The van der Waals surface area contributed by atoms with Crippen LogP contribution in [0.15, 0.2) is 36.4 Å². The SMILES string of the molecule is O=C(c1nn2c(C(F)(F)F)cc(C3CC3)cc2c1Cl)N1CCN(c2cccc(O)c2)C(=O)C1. The Morgan fingerprint density at radius 3 is 2.55 bits per heavy atom. The first kappa shape index (κ1) is 21.6. The number of hydrogen-bond acceptors (Lipinski definition) is 4. The Balaban J connectivity index is 1.45. The molecule has 1 saturated heterocycles. The minimum Gasteiger partial charge on any atom is -0.508 e. The van der Waals surface area contributed by atoms with Gasteiger partial charge in [0.2, 0.25) is 5.91 Å². The first-order valence-electron chi connectivity index (χ1n) is 10.3. The van der Waals surface area contributed by atoms with E-state index >= 15 is 0 Å². The van der Waals surface area contributed by atoms with E-state index in [2.05, 4.69) is 5.10 Å². The Morgan fingerprint density at radius 2 is 1.91 bits per heavy atom. The molecule has 172 valence electrons. The third-order valence-electron chi connectivity index (χ3n) is 5.89. The van der Waals surface area contributed by atoms with Crippen LogP contribution < -0.4 is 4.90 Å². The molecular weight excluding hydrogens is 461 g/mol. The first-order chi connectivity index (χ1) is 15.6. The molecule has 1 N–H and O–H groups in total. The van der Waals surface area contributed by atoms with Crippen molar-refractivity contribution in [2.24, 2.45) is 0 Å². The number of fused-ring (bicyclic) bond motifs is 1. The van der Waals surface area contributed by atoms with Crippen LogP contribution in [-0.4, -0.2) is 51.1 Å². The minimum absolute atomic E-state index is 0.00123. The number of amides is 2. The molecule has 3 aromatic rings. The van der Waals surface area contributed by atoms with E-state index in [4.69, 9.17) is 11.6 Å². The first-order valence-corrected chi connectivity index (χ1v) is 10.7. The number of rotatable bonds is 3. The fraction of sp³-hybridized carbons (Fsp3) is 0.318. The van der Waals surface area contributed by atoms with Crippen molar-refractivity contribution in [1.82, 2.24) is 14.5 Å². The highest BCUT2D eigenvalue weighted by Crippen LogP contribution is 2.43. The summed E-state index contributed by atoms with van der Waals surface area (Å²) in [6, 6.07) is 8.77. The quantitative estimate of drug-likeness (QED) is 0.615. The lowest BCUT2D eigenvalue weighted by Crippen LogP contribution is -2.52. The summed E-state index contributed by atoms with van der Waals surface area (Å²) in [6.07, 6.45) is -3.07. The second-order valence-electron chi connectivity index (χ2n) is 8.20. The second kappa shape index (κ2) is 7.65. The zero-order chi connectivity index (χ0) is 23.5. The molecule has 0 bridgehead atoms. The molecule has 1 aliphatic heterocycles. The number of phenolic OH excluding ortho intramolecular Hbond substituents is 1. The van der Waals surface area contributed by atoms with Gasteiger partial charge in [0, 0.05) is 24.8 Å². The minimum atomic E-state index is -4.68. The van der Waals surface area contributed by atoms with Crippen molar-refractivity contribution in [2.45, 2.75) is 24.9 Å². The second-order valence-corrected chi connectivity index (χ2v) is 8.58. The zero-order valence-corrected chi connectivity index (χ0v) is 17.9. The van der Waals surface area contributed by atoms with E-state index in [1.54, 1.807) is 18.2 Å². The number of pyridine rings is 1. The van der Waals surface area contributed by atoms with Crippen LogP contribution in [0.25, 0.3) is 5.52 Å². The van der Waals surface area contributed by atoms with E-state index in [9.17, 15) is 27.9 Å². The van der Waals surface area contributed by atoms with Crippen LogP contribution in [0.3, 0.4) is 0 Å². The Morgan fingerprint density at radius 1 is 1.15 bits per heavy atom. The van der Waals surface area contributed by atoms with Gasteiger partial charge in [0.15, 0.2) is 5.69 Å². The van der Waals surface area contributed by atoms with Gasteiger partial charge in [-0.1, -0.05) is 17.7 Å². The monoisotopic (exact) mass is 478 g/mol. The molecule has 0 radical (unpaired) electrons. The van der Waals surface area contributed by atoms with Crippen LogP contribution in [0.4, 0.5) is 18.9 Å². The maximum atomic E-state index is 13.7. The van der Waals surface area contributed by atoms with E-state index in [1.165, 1.54) is 21.9 Å². The van der Waals surface area contributed by atoms with Gasteiger partial charge in [-0.15, -0.1) is 0 Å². The molecule has 1 aromatic carbocycles. The molecule has 2 aromatic heterocycles. The Hall–Kier alpha value is -3.27. The maximum Gasteiger partial charge on any atom is 0.433 e. The molecule has 2 fully saturated rings. The topological polar surface area (TPSA) is 78.2 Å². The summed E-state index contributed by atoms with van der Waals surface area (Å²) in [7, 11) is 0. The number of carbonyl (C=O) groups excluding carboxylic acids is 2. The standard InChI is InChI=1S/C22H18ClF3N4O3/c23-19-16-8-13(12-4-5-12)9-17(22(24,25)26)30(16)27-20(19)21(33)28-6-7-29(18(32)11-28)14-2-1-3-15(31)10-14/h1-3,8-10,12,31H,4-7,11H2. The number of aromatic hydroxyl groups is 1. The largest absolute Gasteiger partial charge is 0.508 e. The Bertz CT molecular complexity index is 1290. The van der Waals surface area contributed by atoms with Gasteiger partial charge >= 0.3 is 6.18 Å². The van der Waals surface area contributed by atoms with Crippen LogP contribution in [0, 0.1) is 0 Å². The zero-order valence-electron chi connectivity index (χ0n) is 17.1. The van der Waals surface area contributed by atoms with Gasteiger partial charge in [0.05, 0.1) is 10.5 Å². The summed E-state index contributed by atoms with van der Waals surface area (Å²) in [4.78, 5) is 28.4. The number of aromatic nitrogens is 2. The molecule has 0 unspecified atom stereocenters. The van der Waals surface area contributed by atoms with Crippen molar-refractivity contribution >= 4 is 34.6 Å². The fourth-order valence-corrected chi connectivity index (χ4v) is 4.31. The molecule has 1 aliphatic carbocycles. The predicted molar refractivity (Wildman–Crippen MR) is 114 cm³/mol. The lowest BCUT2D eigenvalue weighted by molar-refractivity contribution is -0.142. The average Bonchev–Trinajstić information content (AvgIpc) is 3.56. The van der Waals surface area contributed by atoms with Crippen LogP contribution in [-0.2, 0) is 11.0 Å². The van der Waals surface area contributed by atoms with Crippen molar-refractivity contribution in [3.8, 4) is 5.75 Å². The summed E-state index contributed by atoms with van der Waals surface area (Å²) in [5, 5.41) is 13.4. The van der Waals surface area contributed by atoms with Gasteiger partial charge in [0.25, 0.3) is 5.91 Å².